The SMILES string of the molecule is COC(=O)c1cc(B2OC(C)(C)C(C)(C)O2)ccc1C#N. The molecule has 21 heavy (non-hydrogen) atoms. The van der Waals surface area contributed by atoms with Crippen molar-refractivity contribution >= 4 is 18.6 Å². The maximum atomic E-state index is 11.8. The molecule has 5 nitrogen and oxygen atoms in total. The van der Waals surface area contributed by atoms with E-state index in [-0.39, 0.29) is 11.1 Å². The topological polar surface area (TPSA) is 68.6 Å². The molecule has 0 unspecified atom stereocenters. The molecule has 1 aromatic rings. The van der Waals surface area contributed by atoms with Crippen LogP contribution in [-0.4, -0.2) is 31.4 Å². The molecule has 0 N–H and O–H groups in total. The Hall–Kier alpha value is -1.84. The first-order valence-corrected chi connectivity index (χ1v) is 6.70. The lowest BCUT2D eigenvalue weighted by Crippen LogP contribution is -2.41. The molecule has 2 rings (SSSR count). The number of esters is 1. The van der Waals surface area contributed by atoms with Crippen LogP contribution in [0.25, 0.3) is 0 Å². The Balaban J connectivity index is 2.39. The first-order valence-electron chi connectivity index (χ1n) is 6.70. The number of carbonyl (C=O) groups is 1. The summed E-state index contributed by atoms with van der Waals surface area (Å²) in [6.07, 6.45) is 0. The Labute approximate surface area is 124 Å². The minimum atomic E-state index is -0.578. The first kappa shape index (κ1) is 15.6. The zero-order valence-corrected chi connectivity index (χ0v) is 12.9. The molecule has 1 heterocycles. The molecule has 6 heteroatoms. The van der Waals surface area contributed by atoms with Gasteiger partial charge in [-0.1, -0.05) is 6.07 Å². The van der Waals surface area contributed by atoms with E-state index in [2.05, 4.69) is 0 Å². The van der Waals surface area contributed by atoms with Gasteiger partial charge < -0.3 is 14.0 Å². The van der Waals surface area contributed by atoms with Crippen molar-refractivity contribution in [3.8, 4) is 6.07 Å². The summed E-state index contributed by atoms with van der Waals surface area (Å²) < 4.78 is 16.6. The molecule has 0 atom stereocenters. The standard InChI is InChI=1S/C15H18BNO4/c1-14(2)15(3,4)21-16(20-14)11-7-6-10(9-17)12(8-11)13(18)19-5/h6-8H,1-5H3. The molecule has 1 fully saturated rings. The van der Waals surface area contributed by atoms with E-state index in [1.165, 1.54) is 7.11 Å². The van der Waals surface area contributed by atoms with Crippen molar-refractivity contribution in [1.29, 1.82) is 5.26 Å². The Morgan fingerprint density at radius 1 is 1.24 bits per heavy atom. The normalized spacial score (nSPS) is 19.1. The van der Waals surface area contributed by atoms with Gasteiger partial charge in [-0.25, -0.2) is 4.79 Å². The van der Waals surface area contributed by atoms with Gasteiger partial charge in [0.25, 0.3) is 0 Å². The highest BCUT2D eigenvalue weighted by Gasteiger charge is 2.51. The molecular weight excluding hydrogens is 269 g/mol. The summed E-state index contributed by atoms with van der Waals surface area (Å²) in [5.41, 5.74) is 0.246. The summed E-state index contributed by atoms with van der Waals surface area (Å²) in [6.45, 7) is 7.82. The third-order valence-electron chi connectivity index (χ3n) is 4.09. The molecule has 0 saturated carbocycles. The highest BCUT2D eigenvalue weighted by atomic mass is 16.7. The van der Waals surface area contributed by atoms with Crippen molar-refractivity contribution < 1.29 is 18.8 Å². The quantitative estimate of drug-likeness (QED) is 0.611. The molecule has 0 aromatic heterocycles. The second-order valence-electron chi connectivity index (χ2n) is 6.00. The van der Waals surface area contributed by atoms with Crippen LogP contribution in [0.4, 0.5) is 0 Å². The Kier molecular flexibility index (Phi) is 3.83. The lowest BCUT2D eigenvalue weighted by atomic mass is 9.78. The Morgan fingerprint density at radius 3 is 2.29 bits per heavy atom. The molecule has 1 saturated heterocycles. The van der Waals surface area contributed by atoms with Gasteiger partial charge in [-0.3, -0.25) is 0 Å². The van der Waals surface area contributed by atoms with Gasteiger partial charge in [0, 0.05) is 0 Å². The van der Waals surface area contributed by atoms with Crippen molar-refractivity contribution in [2.75, 3.05) is 7.11 Å². The molecule has 0 amide bonds. The molecule has 1 aromatic carbocycles. The van der Waals surface area contributed by atoms with Crippen LogP contribution in [0.15, 0.2) is 18.2 Å². The zero-order valence-electron chi connectivity index (χ0n) is 12.9. The van der Waals surface area contributed by atoms with Crippen LogP contribution in [0.1, 0.15) is 43.6 Å². The number of methoxy groups -OCH3 is 1. The van der Waals surface area contributed by atoms with Crippen molar-refractivity contribution in [1.82, 2.24) is 0 Å². The summed E-state index contributed by atoms with van der Waals surface area (Å²) in [5, 5.41) is 9.06. The van der Waals surface area contributed by atoms with Crippen LogP contribution in [0, 0.1) is 11.3 Å². The van der Waals surface area contributed by atoms with Gasteiger partial charge in [0.15, 0.2) is 0 Å². The lowest BCUT2D eigenvalue weighted by Gasteiger charge is -2.32. The van der Waals surface area contributed by atoms with Crippen LogP contribution in [0.2, 0.25) is 0 Å². The maximum Gasteiger partial charge on any atom is 0.494 e. The van der Waals surface area contributed by atoms with E-state index in [1.807, 2.05) is 33.8 Å². The third kappa shape index (κ3) is 2.67. The minimum absolute atomic E-state index is 0.215. The first-order chi connectivity index (χ1) is 9.71. The maximum absolute atomic E-state index is 11.8. The number of rotatable bonds is 2. The van der Waals surface area contributed by atoms with Gasteiger partial charge >= 0.3 is 13.1 Å². The minimum Gasteiger partial charge on any atom is -0.465 e. The summed E-state index contributed by atoms with van der Waals surface area (Å²) in [6, 6.07) is 6.87. The van der Waals surface area contributed by atoms with Gasteiger partial charge in [-0.15, -0.1) is 0 Å². The van der Waals surface area contributed by atoms with Crippen LogP contribution in [-0.2, 0) is 14.0 Å². The van der Waals surface area contributed by atoms with Crippen LogP contribution >= 0.6 is 0 Å². The number of nitrogens with zero attached hydrogens (tertiary/aromatic N) is 1. The summed E-state index contributed by atoms with van der Waals surface area (Å²) >= 11 is 0. The monoisotopic (exact) mass is 287 g/mol. The second-order valence-corrected chi connectivity index (χ2v) is 6.00. The fraction of sp³-hybridized carbons (Fsp3) is 0.467. The highest BCUT2D eigenvalue weighted by molar-refractivity contribution is 6.62. The van der Waals surface area contributed by atoms with Crippen LogP contribution < -0.4 is 5.46 Å². The number of ether oxygens (including phenoxy) is 1. The molecule has 1 aliphatic rings. The average molecular weight is 287 g/mol. The molecule has 0 radical (unpaired) electrons. The van der Waals surface area contributed by atoms with Gasteiger partial charge in [0.1, 0.15) is 6.07 Å². The largest absolute Gasteiger partial charge is 0.494 e. The molecule has 0 aliphatic carbocycles. The number of carbonyl (C=O) groups excluding carboxylic acids is 1. The molecule has 0 bridgehead atoms. The number of benzene rings is 1. The molecule has 0 spiro atoms. The lowest BCUT2D eigenvalue weighted by molar-refractivity contribution is 0.00578. The van der Waals surface area contributed by atoms with Crippen LogP contribution in [0.3, 0.4) is 0 Å². The van der Waals surface area contributed by atoms with E-state index in [0.29, 0.717) is 5.46 Å². The Bertz CT molecular complexity index is 603. The average Bonchev–Trinajstić information content (AvgIpc) is 2.66. The molecule has 1 aliphatic heterocycles. The zero-order chi connectivity index (χ0) is 15.8. The predicted octanol–water partition coefficient (Wildman–Crippen LogP) is 1.64. The predicted molar refractivity (Wildman–Crippen MR) is 78.2 cm³/mol. The van der Waals surface area contributed by atoms with E-state index in [9.17, 15) is 4.79 Å². The molecule has 110 valence electrons. The van der Waals surface area contributed by atoms with E-state index in [0.717, 1.165) is 0 Å². The third-order valence-corrected chi connectivity index (χ3v) is 4.09. The van der Waals surface area contributed by atoms with Gasteiger partial charge in [0.05, 0.1) is 29.4 Å². The van der Waals surface area contributed by atoms with E-state index in [4.69, 9.17) is 19.3 Å². The fourth-order valence-corrected chi connectivity index (χ4v) is 2.06. The second kappa shape index (κ2) is 5.17. The fourth-order valence-electron chi connectivity index (χ4n) is 2.06. The van der Waals surface area contributed by atoms with E-state index in [1.54, 1.807) is 18.2 Å². The van der Waals surface area contributed by atoms with Gasteiger partial charge in [0.2, 0.25) is 0 Å². The number of hydrogen-bond acceptors (Lipinski definition) is 5. The van der Waals surface area contributed by atoms with Gasteiger partial charge in [-0.05, 0) is 45.3 Å². The van der Waals surface area contributed by atoms with Gasteiger partial charge in [-0.2, -0.15) is 5.26 Å². The van der Waals surface area contributed by atoms with Crippen molar-refractivity contribution in [2.24, 2.45) is 0 Å². The highest BCUT2D eigenvalue weighted by Crippen LogP contribution is 2.36. The summed E-state index contributed by atoms with van der Waals surface area (Å²) in [4.78, 5) is 11.8. The summed E-state index contributed by atoms with van der Waals surface area (Å²) in [5.74, 6) is -0.551. The van der Waals surface area contributed by atoms with E-state index < -0.39 is 24.3 Å². The van der Waals surface area contributed by atoms with Crippen molar-refractivity contribution in [2.45, 2.75) is 38.9 Å². The van der Waals surface area contributed by atoms with Crippen LogP contribution in [0.5, 0.6) is 0 Å². The van der Waals surface area contributed by atoms with E-state index >= 15 is 0 Å². The summed E-state index contributed by atoms with van der Waals surface area (Å²) in [7, 11) is 0.705. The van der Waals surface area contributed by atoms with Crippen molar-refractivity contribution in [3.63, 3.8) is 0 Å². The smallest absolute Gasteiger partial charge is 0.465 e. The number of nitriles is 1. The number of hydrogen-bond donors (Lipinski definition) is 0. The molecular formula is C15H18BNO4. The Morgan fingerprint density at radius 2 is 1.81 bits per heavy atom. The van der Waals surface area contributed by atoms with Crippen molar-refractivity contribution in [3.05, 3.63) is 29.3 Å².